The first kappa shape index (κ1) is 14.1. The van der Waals surface area contributed by atoms with Gasteiger partial charge in [0.25, 0.3) is 0 Å². The van der Waals surface area contributed by atoms with Crippen molar-refractivity contribution in [2.75, 3.05) is 5.32 Å². The predicted molar refractivity (Wildman–Crippen MR) is 76.0 cm³/mol. The number of thiophene rings is 1. The lowest BCUT2D eigenvalue weighted by Crippen LogP contribution is -2.21. The number of amides is 1. The number of nitrogens with one attached hydrogen (secondary N) is 1. The molecule has 104 valence electrons. The summed E-state index contributed by atoms with van der Waals surface area (Å²) in [5.74, 6) is -0.531. The highest BCUT2D eigenvalue weighted by Crippen LogP contribution is 2.34. The number of hydrogen-bond donors (Lipinski definition) is 2. The summed E-state index contributed by atoms with van der Waals surface area (Å²) in [6, 6.07) is 0. The molecule has 0 aromatic carbocycles. The van der Waals surface area contributed by atoms with Gasteiger partial charge in [-0.1, -0.05) is 13.3 Å². The van der Waals surface area contributed by atoms with Crippen molar-refractivity contribution in [2.45, 2.75) is 46.0 Å². The van der Waals surface area contributed by atoms with Crippen molar-refractivity contribution in [1.29, 1.82) is 0 Å². The minimum absolute atomic E-state index is 0.0592. The van der Waals surface area contributed by atoms with Crippen molar-refractivity contribution >= 4 is 28.2 Å². The molecule has 2 N–H and O–H groups in total. The summed E-state index contributed by atoms with van der Waals surface area (Å²) in [5, 5.41) is 12.6. The van der Waals surface area contributed by atoms with Crippen LogP contribution in [0.5, 0.6) is 0 Å². The molecule has 1 amide bonds. The number of carbonyl (C=O) groups is 2. The molecule has 0 atom stereocenters. The van der Waals surface area contributed by atoms with Gasteiger partial charge in [0.05, 0.1) is 5.56 Å². The minimum atomic E-state index is -0.958. The zero-order valence-electron chi connectivity index (χ0n) is 11.3. The van der Waals surface area contributed by atoms with E-state index in [0.29, 0.717) is 23.8 Å². The smallest absolute Gasteiger partial charge is 0.339 e. The monoisotopic (exact) mass is 281 g/mol. The van der Waals surface area contributed by atoms with Gasteiger partial charge in [0.1, 0.15) is 5.00 Å². The van der Waals surface area contributed by atoms with Crippen LogP contribution in [-0.4, -0.2) is 17.0 Å². The summed E-state index contributed by atoms with van der Waals surface area (Å²) in [5.41, 5.74) is 1.10. The summed E-state index contributed by atoms with van der Waals surface area (Å²) >= 11 is 1.36. The van der Waals surface area contributed by atoms with Crippen LogP contribution in [0.4, 0.5) is 5.00 Å². The summed E-state index contributed by atoms with van der Waals surface area (Å²) < 4.78 is 0. The Labute approximate surface area is 116 Å². The van der Waals surface area contributed by atoms with Gasteiger partial charge in [0, 0.05) is 11.3 Å². The van der Waals surface area contributed by atoms with Crippen molar-refractivity contribution < 1.29 is 14.7 Å². The van der Waals surface area contributed by atoms with Crippen LogP contribution < -0.4 is 5.32 Å². The van der Waals surface area contributed by atoms with E-state index >= 15 is 0 Å². The molecule has 0 spiro atoms. The Kier molecular flexibility index (Phi) is 4.24. The molecule has 1 aliphatic carbocycles. The summed E-state index contributed by atoms with van der Waals surface area (Å²) in [4.78, 5) is 24.2. The van der Waals surface area contributed by atoms with Gasteiger partial charge in [-0.05, 0) is 37.7 Å². The fraction of sp³-hybridized carbons (Fsp3) is 0.571. The van der Waals surface area contributed by atoms with E-state index in [1.165, 1.54) is 17.8 Å². The number of aromatic carboxylic acids is 1. The van der Waals surface area contributed by atoms with Crippen LogP contribution in [0.25, 0.3) is 0 Å². The number of carboxylic acid groups (broad SMARTS) is 1. The van der Waals surface area contributed by atoms with Gasteiger partial charge in [-0.2, -0.15) is 0 Å². The normalized spacial score (nSPS) is 15.1. The Morgan fingerprint density at radius 1 is 1.42 bits per heavy atom. The lowest BCUT2D eigenvalue weighted by atomic mass is 9.83. The van der Waals surface area contributed by atoms with E-state index in [1.807, 2.05) is 13.8 Å². The molecule has 1 heterocycles. The molecule has 0 bridgehead atoms. The van der Waals surface area contributed by atoms with Crippen LogP contribution >= 0.6 is 11.3 Å². The fourth-order valence-corrected chi connectivity index (χ4v) is 3.61. The summed E-state index contributed by atoms with van der Waals surface area (Å²) in [6.07, 6.45) is 4.61. The Morgan fingerprint density at radius 2 is 2.11 bits per heavy atom. The first-order chi connectivity index (χ1) is 9.02. The summed E-state index contributed by atoms with van der Waals surface area (Å²) in [7, 11) is 0. The van der Waals surface area contributed by atoms with Gasteiger partial charge in [0.2, 0.25) is 5.91 Å². The second-order valence-electron chi connectivity index (χ2n) is 5.05. The van der Waals surface area contributed by atoms with E-state index < -0.39 is 5.97 Å². The molecule has 1 aliphatic rings. The standard InChI is InChI=1S/C14H19NO3S/c1-3-10-8(2)19-13(12(10)14(17)18)15-11(16)7-9-5-4-6-9/h9H,3-7H2,1-2H3,(H,15,16)(H,17,18). The molecule has 19 heavy (non-hydrogen) atoms. The largest absolute Gasteiger partial charge is 0.478 e. The van der Waals surface area contributed by atoms with Crippen molar-refractivity contribution in [3.63, 3.8) is 0 Å². The van der Waals surface area contributed by atoms with Gasteiger partial charge >= 0.3 is 5.97 Å². The number of hydrogen-bond acceptors (Lipinski definition) is 3. The van der Waals surface area contributed by atoms with Crippen molar-refractivity contribution in [2.24, 2.45) is 5.92 Å². The molecule has 2 rings (SSSR count). The van der Waals surface area contributed by atoms with E-state index in [-0.39, 0.29) is 11.5 Å². The number of carbonyl (C=O) groups excluding carboxylic acids is 1. The first-order valence-corrected chi connectivity index (χ1v) is 7.50. The van der Waals surface area contributed by atoms with E-state index in [2.05, 4.69) is 5.32 Å². The van der Waals surface area contributed by atoms with E-state index in [1.54, 1.807) is 0 Å². The van der Waals surface area contributed by atoms with Crippen LogP contribution in [0.2, 0.25) is 0 Å². The van der Waals surface area contributed by atoms with E-state index in [9.17, 15) is 14.7 Å². The Morgan fingerprint density at radius 3 is 2.58 bits per heavy atom. The molecular formula is C14H19NO3S. The number of rotatable bonds is 5. The molecule has 0 unspecified atom stereocenters. The molecule has 4 nitrogen and oxygen atoms in total. The van der Waals surface area contributed by atoms with E-state index in [0.717, 1.165) is 23.3 Å². The van der Waals surface area contributed by atoms with Gasteiger partial charge in [0.15, 0.2) is 0 Å². The zero-order valence-corrected chi connectivity index (χ0v) is 12.1. The molecule has 0 radical (unpaired) electrons. The Balaban J connectivity index is 2.14. The molecule has 0 saturated heterocycles. The Hall–Kier alpha value is -1.36. The first-order valence-electron chi connectivity index (χ1n) is 6.68. The number of aryl methyl sites for hydroxylation is 1. The third-order valence-corrected chi connectivity index (χ3v) is 4.79. The Bertz CT molecular complexity index is 503. The molecule has 5 heteroatoms. The average Bonchev–Trinajstić information content (AvgIpc) is 2.59. The van der Waals surface area contributed by atoms with Crippen LogP contribution in [0.3, 0.4) is 0 Å². The van der Waals surface area contributed by atoms with Crippen molar-refractivity contribution in [3.05, 3.63) is 16.0 Å². The maximum atomic E-state index is 11.9. The van der Waals surface area contributed by atoms with Crippen molar-refractivity contribution in [1.82, 2.24) is 0 Å². The molecule has 1 aromatic heterocycles. The third kappa shape index (κ3) is 2.97. The van der Waals surface area contributed by atoms with Crippen LogP contribution in [0.15, 0.2) is 0 Å². The second-order valence-corrected chi connectivity index (χ2v) is 6.27. The molecule has 1 fully saturated rings. The van der Waals surface area contributed by atoms with Crippen molar-refractivity contribution in [3.8, 4) is 0 Å². The average molecular weight is 281 g/mol. The van der Waals surface area contributed by atoms with E-state index in [4.69, 9.17) is 0 Å². The number of anilines is 1. The highest BCUT2D eigenvalue weighted by Gasteiger charge is 2.24. The third-order valence-electron chi connectivity index (χ3n) is 3.73. The lowest BCUT2D eigenvalue weighted by molar-refractivity contribution is -0.117. The van der Waals surface area contributed by atoms with Gasteiger partial charge in [-0.25, -0.2) is 4.79 Å². The fourth-order valence-electron chi connectivity index (χ4n) is 2.46. The van der Waals surface area contributed by atoms with Gasteiger partial charge < -0.3 is 10.4 Å². The second kappa shape index (κ2) is 5.74. The highest BCUT2D eigenvalue weighted by molar-refractivity contribution is 7.16. The predicted octanol–water partition coefficient (Wildman–Crippen LogP) is 3.45. The van der Waals surface area contributed by atoms with Gasteiger partial charge in [-0.3, -0.25) is 4.79 Å². The maximum absolute atomic E-state index is 11.9. The molecule has 1 aromatic rings. The quantitative estimate of drug-likeness (QED) is 0.868. The highest BCUT2D eigenvalue weighted by atomic mass is 32.1. The van der Waals surface area contributed by atoms with Crippen LogP contribution in [-0.2, 0) is 11.2 Å². The zero-order chi connectivity index (χ0) is 14.0. The maximum Gasteiger partial charge on any atom is 0.339 e. The molecule has 1 saturated carbocycles. The molecular weight excluding hydrogens is 262 g/mol. The van der Waals surface area contributed by atoms with Crippen LogP contribution in [0, 0.1) is 12.8 Å². The number of carboxylic acids is 1. The van der Waals surface area contributed by atoms with Gasteiger partial charge in [-0.15, -0.1) is 11.3 Å². The summed E-state index contributed by atoms with van der Waals surface area (Å²) in [6.45, 7) is 3.83. The minimum Gasteiger partial charge on any atom is -0.478 e. The molecule has 0 aliphatic heterocycles. The topological polar surface area (TPSA) is 66.4 Å². The SMILES string of the molecule is CCc1c(C)sc(NC(=O)CC2CCC2)c1C(=O)O. The van der Waals surface area contributed by atoms with Crippen LogP contribution in [0.1, 0.15) is 53.4 Å². The lowest BCUT2D eigenvalue weighted by Gasteiger charge is -2.24.